The van der Waals surface area contributed by atoms with Crippen molar-refractivity contribution in [3.63, 3.8) is 0 Å². The molecule has 0 bridgehead atoms. The molecule has 2 N–H and O–H groups in total. The number of halogens is 2. The zero-order valence-electron chi connectivity index (χ0n) is 10.3. The van der Waals surface area contributed by atoms with Crippen molar-refractivity contribution in [2.75, 3.05) is 12.8 Å². The van der Waals surface area contributed by atoms with E-state index in [0.717, 1.165) is 15.8 Å². The monoisotopic (exact) mass is 341 g/mol. The smallest absolute Gasteiger partial charge is 0.138 e. The molecule has 0 heterocycles. The molecule has 0 spiro atoms. The molecule has 2 nitrogen and oxygen atoms in total. The number of hydrogen-bond donors (Lipinski definition) is 1. The Balaban J connectivity index is 2.14. The predicted molar refractivity (Wildman–Crippen MR) is 81.1 cm³/mol. The lowest BCUT2D eigenvalue weighted by Crippen LogP contribution is -1.90. The summed E-state index contributed by atoms with van der Waals surface area (Å²) in [6, 6.07) is 10.5. The molecule has 2 aromatic rings. The van der Waals surface area contributed by atoms with E-state index in [1.807, 2.05) is 18.2 Å². The molecule has 2 aromatic carbocycles. The van der Waals surface area contributed by atoms with Gasteiger partial charge in [0.25, 0.3) is 0 Å². The van der Waals surface area contributed by atoms with Gasteiger partial charge in [-0.25, -0.2) is 4.39 Å². The maximum absolute atomic E-state index is 13.7. The minimum absolute atomic E-state index is 0.288. The summed E-state index contributed by atoms with van der Waals surface area (Å²) in [6.45, 7) is 0. The highest BCUT2D eigenvalue weighted by Crippen LogP contribution is 2.31. The molecular weight excluding hydrogens is 329 g/mol. The number of rotatable bonds is 4. The summed E-state index contributed by atoms with van der Waals surface area (Å²) in [5, 5.41) is 0. The third-order valence-electron chi connectivity index (χ3n) is 2.59. The Hall–Kier alpha value is -1.20. The number of nitrogen functional groups attached to an aromatic ring is 1. The van der Waals surface area contributed by atoms with Crippen LogP contribution in [0.3, 0.4) is 0 Å². The third-order valence-corrected chi connectivity index (χ3v) is 4.46. The van der Waals surface area contributed by atoms with Crippen molar-refractivity contribution in [1.82, 2.24) is 0 Å². The number of methoxy groups -OCH3 is 1. The van der Waals surface area contributed by atoms with Crippen LogP contribution in [0.1, 0.15) is 5.56 Å². The van der Waals surface area contributed by atoms with Crippen LogP contribution in [0.25, 0.3) is 0 Å². The zero-order chi connectivity index (χ0) is 13.8. The number of anilines is 1. The van der Waals surface area contributed by atoms with E-state index in [2.05, 4.69) is 15.9 Å². The van der Waals surface area contributed by atoms with Crippen LogP contribution in [-0.2, 0) is 5.75 Å². The molecule has 2 rings (SSSR count). The highest BCUT2D eigenvalue weighted by Gasteiger charge is 2.07. The van der Waals surface area contributed by atoms with E-state index < -0.39 is 0 Å². The summed E-state index contributed by atoms with van der Waals surface area (Å²) in [4.78, 5) is 0.587. The van der Waals surface area contributed by atoms with Gasteiger partial charge in [0.05, 0.1) is 7.11 Å². The van der Waals surface area contributed by atoms with E-state index in [4.69, 9.17) is 10.5 Å². The zero-order valence-corrected chi connectivity index (χ0v) is 12.7. The van der Waals surface area contributed by atoms with Gasteiger partial charge in [0, 0.05) is 20.8 Å². The minimum atomic E-state index is -0.288. The molecular formula is C14H13BrFNOS. The molecule has 0 aromatic heterocycles. The minimum Gasteiger partial charge on any atom is -0.497 e. The van der Waals surface area contributed by atoms with Gasteiger partial charge in [0.2, 0.25) is 0 Å². The van der Waals surface area contributed by atoms with Gasteiger partial charge < -0.3 is 10.5 Å². The molecule has 0 aliphatic rings. The SMILES string of the molecule is COc1ccc(Br)c(CSc2ccc(N)cc2F)c1. The van der Waals surface area contributed by atoms with Gasteiger partial charge in [-0.2, -0.15) is 0 Å². The van der Waals surface area contributed by atoms with Gasteiger partial charge in [0.15, 0.2) is 0 Å². The fraction of sp³-hybridized carbons (Fsp3) is 0.143. The number of nitrogens with two attached hydrogens (primary N) is 1. The topological polar surface area (TPSA) is 35.2 Å². The van der Waals surface area contributed by atoms with Crippen LogP contribution in [0.15, 0.2) is 45.8 Å². The molecule has 0 fully saturated rings. The second kappa shape index (κ2) is 6.30. The standard InChI is InChI=1S/C14H13BrFNOS/c1-18-11-3-4-12(15)9(6-11)8-19-14-5-2-10(17)7-13(14)16/h2-7H,8,17H2,1H3. The van der Waals surface area contributed by atoms with Crippen LogP contribution < -0.4 is 10.5 Å². The molecule has 0 atom stereocenters. The Bertz CT molecular complexity index is 592. The van der Waals surface area contributed by atoms with Crippen LogP contribution in [-0.4, -0.2) is 7.11 Å². The van der Waals surface area contributed by atoms with Crippen molar-refractivity contribution in [1.29, 1.82) is 0 Å². The Morgan fingerprint density at radius 2 is 2.05 bits per heavy atom. The van der Waals surface area contributed by atoms with E-state index in [-0.39, 0.29) is 5.82 Å². The van der Waals surface area contributed by atoms with E-state index in [9.17, 15) is 4.39 Å². The molecule has 0 unspecified atom stereocenters. The lowest BCUT2D eigenvalue weighted by atomic mass is 10.2. The Morgan fingerprint density at radius 3 is 2.74 bits per heavy atom. The first-order valence-electron chi connectivity index (χ1n) is 5.60. The molecule has 19 heavy (non-hydrogen) atoms. The first-order valence-corrected chi connectivity index (χ1v) is 7.38. The van der Waals surface area contributed by atoms with Crippen molar-refractivity contribution in [2.45, 2.75) is 10.6 Å². The Labute approximate surface area is 124 Å². The lowest BCUT2D eigenvalue weighted by Gasteiger charge is -2.08. The second-order valence-corrected chi connectivity index (χ2v) is 5.81. The van der Waals surface area contributed by atoms with E-state index >= 15 is 0 Å². The molecule has 0 saturated heterocycles. The van der Waals surface area contributed by atoms with Crippen molar-refractivity contribution >= 4 is 33.4 Å². The van der Waals surface area contributed by atoms with Crippen molar-refractivity contribution in [3.8, 4) is 5.75 Å². The second-order valence-electron chi connectivity index (χ2n) is 3.94. The fourth-order valence-corrected chi connectivity index (χ4v) is 3.06. The maximum atomic E-state index is 13.7. The normalized spacial score (nSPS) is 10.5. The summed E-state index contributed by atoms with van der Waals surface area (Å²) in [6.07, 6.45) is 0. The van der Waals surface area contributed by atoms with Gasteiger partial charge in [0.1, 0.15) is 11.6 Å². The highest BCUT2D eigenvalue weighted by atomic mass is 79.9. The average Bonchev–Trinajstić information content (AvgIpc) is 2.39. The van der Waals surface area contributed by atoms with Crippen molar-refractivity contribution in [3.05, 3.63) is 52.3 Å². The molecule has 100 valence electrons. The average molecular weight is 342 g/mol. The van der Waals surface area contributed by atoms with E-state index in [1.165, 1.54) is 17.8 Å². The number of hydrogen-bond acceptors (Lipinski definition) is 3. The molecule has 0 amide bonds. The van der Waals surface area contributed by atoms with Gasteiger partial charge >= 0.3 is 0 Å². The Morgan fingerprint density at radius 1 is 1.26 bits per heavy atom. The largest absolute Gasteiger partial charge is 0.497 e. The number of thioether (sulfide) groups is 1. The van der Waals surface area contributed by atoms with E-state index in [1.54, 1.807) is 19.2 Å². The summed E-state index contributed by atoms with van der Waals surface area (Å²) >= 11 is 4.91. The van der Waals surface area contributed by atoms with Crippen LogP contribution in [0, 0.1) is 5.82 Å². The predicted octanol–water partition coefficient (Wildman–Crippen LogP) is 4.47. The van der Waals surface area contributed by atoms with Crippen LogP contribution in [0.4, 0.5) is 10.1 Å². The van der Waals surface area contributed by atoms with Gasteiger partial charge in [-0.1, -0.05) is 15.9 Å². The third kappa shape index (κ3) is 3.64. The quantitative estimate of drug-likeness (QED) is 0.658. The van der Waals surface area contributed by atoms with Gasteiger partial charge in [-0.05, 0) is 42.0 Å². The van der Waals surface area contributed by atoms with Crippen LogP contribution in [0.2, 0.25) is 0 Å². The van der Waals surface area contributed by atoms with Crippen LogP contribution in [0.5, 0.6) is 5.75 Å². The molecule has 0 radical (unpaired) electrons. The highest BCUT2D eigenvalue weighted by molar-refractivity contribution is 9.10. The first-order chi connectivity index (χ1) is 9.10. The molecule has 0 aliphatic heterocycles. The fourth-order valence-electron chi connectivity index (χ4n) is 1.58. The van der Waals surface area contributed by atoms with Gasteiger partial charge in [-0.3, -0.25) is 0 Å². The first kappa shape index (κ1) is 14.2. The lowest BCUT2D eigenvalue weighted by molar-refractivity contribution is 0.414. The van der Waals surface area contributed by atoms with Gasteiger partial charge in [-0.15, -0.1) is 11.8 Å². The summed E-state index contributed by atoms with van der Waals surface area (Å²) in [5.74, 6) is 1.15. The maximum Gasteiger partial charge on any atom is 0.138 e. The molecule has 5 heteroatoms. The summed E-state index contributed by atoms with van der Waals surface area (Å²) in [5.41, 5.74) is 7.01. The molecule has 0 saturated carbocycles. The van der Waals surface area contributed by atoms with Crippen molar-refractivity contribution < 1.29 is 9.13 Å². The molecule has 0 aliphatic carbocycles. The Kier molecular flexibility index (Phi) is 4.71. The summed E-state index contributed by atoms with van der Waals surface area (Å²) in [7, 11) is 1.62. The van der Waals surface area contributed by atoms with Crippen LogP contribution >= 0.6 is 27.7 Å². The van der Waals surface area contributed by atoms with E-state index in [0.29, 0.717) is 16.3 Å². The van der Waals surface area contributed by atoms with Crippen molar-refractivity contribution in [2.24, 2.45) is 0 Å². The summed E-state index contributed by atoms with van der Waals surface area (Å²) < 4.78 is 19.8. The number of ether oxygens (including phenoxy) is 1. The number of benzene rings is 2.